The van der Waals surface area contributed by atoms with Gasteiger partial charge in [-0.1, -0.05) is 0 Å². The summed E-state index contributed by atoms with van der Waals surface area (Å²) in [7, 11) is 1.59. The summed E-state index contributed by atoms with van der Waals surface area (Å²) in [4.78, 5) is 7.86. The van der Waals surface area contributed by atoms with Gasteiger partial charge in [-0.3, -0.25) is 0 Å². The molecule has 0 amide bonds. The van der Waals surface area contributed by atoms with Gasteiger partial charge in [-0.15, -0.1) is 0 Å². The predicted octanol–water partition coefficient (Wildman–Crippen LogP) is 0.548. The Morgan fingerprint density at radius 2 is 2.29 bits per heavy atom. The van der Waals surface area contributed by atoms with Crippen LogP contribution >= 0.6 is 0 Å². The van der Waals surface area contributed by atoms with Crippen LogP contribution in [0.25, 0.3) is 0 Å². The minimum absolute atomic E-state index is 0.265. The van der Waals surface area contributed by atoms with E-state index < -0.39 is 5.60 Å². The standard InChI is InChI=1S/C11H16N4O2/c1-11(16,3-4-17-2)8-15-10-7-13-9(5-12)6-14-10/h6-7,16H,3-4,8H2,1-2H3,(H,14,15). The number of ether oxygens (including phenoxy) is 1. The molecule has 0 bridgehead atoms. The van der Waals surface area contributed by atoms with Crippen LogP contribution in [0.1, 0.15) is 19.0 Å². The molecule has 6 nitrogen and oxygen atoms in total. The van der Waals surface area contributed by atoms with Crippen molar-refractivity contribution in [3.63, 3.8) is 0 Å². The summed E-state index contributed by atoms with van der Waals surface area (Å²) in [6, 6.07) is 1.89. The molecular formula is C11H16N4O2. The molecule has 0 aliphatic rings. The lowest BCUT2D eigenvalue weighted by molar-refractivity contribution is 0.0357. The fraction of sp³-hybridized carbons (Fsp3) is 0.545. The third kappa shape index (κ3) is 4.76. The number of aromatic nitrogens is 2. The minimum atomic E-state index is -0.869. The Morgan fingerprint density at radius 3 is 2.82 bits per heavy atom. The van der Waals surface area contributed by atoms with Crippen LogP contribution in [0.5, 0.6) is 0 Å². The van der Waals surface area contributed by atoms with Crippen molar-refractivity contribution in [3.05, 3.63) is 18.1 Å². The number of nitrogens with one attached hydrogen (secondary N) is 1. The van der Waals surface area contributed by atoms with E-state index in [0.717, 1.165) is 0 Å². The van der Waals surface area contributed by atoms with E-state index in [2.05, 4.69) is 15.3 Å². The quantitative estimate of drug-likeness (QED) is 0.749. The molecule has 0 aromatic carbocycles. The molecule has 0 saturated heterocycles. The molecule has 1 aromatic rings. The monoisotopic (exact) mass is 236 g/mol. The molecule has 0 radical (unpaired) electrons. The Kier molecular flexibility index (Phi) is 4.82. The van der Waals surface area contributed by atoms with Gasteiger partial charge >= 0.3 is 0 Å². The molecule has 2 N–H and O–H groups in total. The van der Waals surface area contributed by atoms with Crippen LogP contribution < -0.4 is 5.32 Å². The molecule has 1 rings (SSSR count). The first-order chi connectivity index (χ1) is 8.07. The number of anilines is 1. The molecule has 17 heavy (non-hydrogen) atoms. The lowest BCUT2D eigenvalue weighted by Crippen LogP contribution is -2.34. The van der Waals surface area contributed by atoms with E-state index >= 15 is 0 Å². The molecule has 1 aromatic heterocycles. The number of nitriles is 1. The molecule has 92 valence electrons. The Labute approximate surface area is 100 Å². The Bertz CT molecular complexity index is 383. The van der Waals surface area contributed by atoms with Gasteiger partial charge in [0, 0.05) is 26.7 Å². The summed E-state index contributed by atoms with van der Waals surface area (Å²) in [6.45, 7) is 2.56. The summed E-state index contributed by atoms with van der Waals surface area (Å²) in [6.07, 6.45) is 3.37. The smallest absolute Gasteiger partial charge is 0.158 e. The first kappa shape index (κ1) is 13.4. The van der Waals surface area contributed by atoms with Crippen LogP contribution in [-0.2, 0) is 4.74 Å². The minimum Gasteiger partial charge on any atom is -0.388 e. The average Bonchev–Trinajstić information content (AvgIpc) is 2.35. The summed E-state index contributed by atoms with van der Waals surface area (Å²) >= 11 is 0. The van der Waals surface area contributed by atoms with Crippen LogP contribution in [0.4, 0.5) is 5.82 Å². The molecule has 6 heteroatoms. The third-order valence-corrected chi connectivity index (χ3v) is 2.26. The maximum Gasteiger partial charge on any atom is 0.158 e. The van der Waals surface area contributed by atoms with Gasteiger partial charge in [0.25, 0.3) is 0 Å². The molecule has 1 atom stereocenters. The van der Waals surface area contributed by atoms with Crippen molar-refractivity contribution >= 4 is 5.82 Å². The highest BCUT2D eigenvalue weighted by atomic mass is 16.5. The molecule has 0 fully saturated rings. The van der Waals surface area contributed by atoms with Crippen LogP contribution in [0.3, 0.4) is 0 Å². The second-order valence-electron chi connectivity index (χ2n) is 3.99. The zero-order chi connectivity index (χ0) is 12.7. The average molecular weight is 236 g/mol. The zero-order valence-corrected chi connectivity index (χ0v) is 9.97. The summed E-state index contributed by atoms with van der Waals surface area (Å²) in [5, 5.41) is 21.5. The van der Waals surface area contributed by atoms with E-state index in [0.29, 0.717) is 25.4 Å². The number of hydrogen-bond acceptors (Lipinski definition) is 6. The van der Waals surface area contributed by atoms with E-state index in [1.807, 2.05) is 6.07 Å². The van der Waals surface area contributed by atoms with Crippen molar-refractivity contribution in [2.24, 2.45) is 0 Å². The zero-order valence-electron chi connectivity index (χ0n) is 9.97. The maximum atomic E-state index is 9.96. The fourth-order valence-corrected chi connectivity index (χ4v) is 1.17. The van der Waals surface area contributed by atoms with E-state index in [1.54, 1.807) is 14.0 Å². The predicted molar refractivity (Wildman–Crippen MR) is 62.4 cm³/mol. The van der Waals surface area contributed by atoms with E-state index in [-0.39, 0.29) is 5.69 Å². The molecule has 1 unspecified atom stereocenters. The lowest BCUT2D eigenvalue weighted by Gasteiger charge is -2.23. The van der Waals surface area contributed by atoms with Gasteiger partial charge in [0.2, 0.25) is 0 Å². The normalized spacial score (nSPS) is 13.8. The van der Waals surface area contributed by atoms with Crippen LogP contribution in [0.15, 0.2) is 12.4 Å². The molecule has 0 aliphatic heterocycles. The van der Waals surface area contributed by atoms with Crippen LogP contribution in [-0.4, -0.2) is 40.9 Å². The van der Waals surface area contributed by atoms with Gasteiger partial charge in [0.1, 0.15) is 11.9 Å². The highest BCUT2D eigenvalue weighted by Crippen LogP contribution is 2.10. The van der Waals surface area contributed by atoms with Crippen molar-refractivity contribution in [2.45, 2.75) is 18.9 Å². The largest absolute Gasteiger partial charge is 0.388 e. The van der Waals surface area contributed by atoms with Gasteiger partial charge in [-0.05, 0) is 6.92 Å². The number of aliphatic hydroxyl groups is 1. The first-order valence-corrected chi connectivity index (χ1v) is 5.25. The van der Waals surface area contributed by atoms with Crippen molar-refractivity contribution in [1.29, 1.82) is 5.26 Å². The number of methoxy groups -OCH3 is 1. The highest BCUT2D eigenvalue weighted by Gasteiger charge is 2.19. The lowest BCUT2D eigenvalue weighted by atomic mass is 10.0. The molecule has 0 aliphatic carbocycles. The highest BCUT2D eigenvalue weighted by molar-refractivity contribution is 5.33. The molecule has 0 spiro atoms. The summed E-state index contributed by atoms with van der Waals surface area (Å²) < 4.78 is 4.91. The summed E-state index contributed by atoms with van der Waals surface area (Å²) in [5.74, 6) is 0.529. The third-order valence-electron chi connectivity index (χ3n) is 2.26. The second-order valence-corrected chi connectivity index (χ2v) is 3.99. The Hall–Kier alpha value is -1.71. The van der Waals surface area contributed by atoms with E-state index in [1.165, 1.54) is 12.4 Å². The fourth-order valence-electron chi connectivity index (χ4n) is 1.17. The second kappa shape index (κ2) is 6.13. The Balaban J connectivity index is 2.46. The number of rotatable bonds is 6. The topological polar surface area (TPSA) is 91.1 Å². The summed E-state index contributed by atoms with van der Waals surface area (Å²) in [5.41, 5.74) is -0.604. The molecular weight excluding hydrogens is 220 g/mol. The van der Waals surface area contributed by atoms with Gasteiger partial charge in [-0.2, -0.15) is 5.26 Å². The van der Waals surface area contributed by atoms with E-state index in [4.69, 9.17) is 10.00 Å². The van der Waals surface area contributed by atoms with Crippen LogP contribution in [0.2, 0.25) is 0 Å². The van der Waals surface area contributed by atoms with Gasteiger partial charge in [0.15, 0.2) is 5.69 Å². The van der Waals surface area contributed by atoms with E-state index in [9.17, 15) is 5.11 Å². The Morgan fingerprint density at radius 1 is 1.53 bits per heavy atom. The SMILES string of the molecule is COCCC(C)(O)CNc1cnc(C#N)cn1. The van der Waals surface area contributed by atoms with Crippen molar-refractivity contribution in [1.82, 2.24) is 9.97 Å². The van der Waals surface area contributed by atoms with Crippen molar-refractivity contribution < 1.29 is 9.84 Å². The molecule has 0 saturated carbocycles. The van der Waals surface area contributed by atoms with Crippen molar-refractivity contribution in [2.75, 3.05) is 25.6 Å². The first-order valence-electron chi connectivity index (χ1n) is 5.25. The van der Waals surface area contributed by atoms with Gasteiger partial charge in [-0.25, -0.2) is 9.97 Å². The van der Waals surface area contributed by atoms with Crippen LogP contribution in [0, 0.1) is 11.3 Å². The maximum absolute atomic E-state index is 9.96. The number of nitrogens with zero attached hydrogens (tertiary/aromatic N) is 3. The van der Waals surface area contributed by atoms with Crippen molar-refractivity contribution in [3.8, 4) is 6.07 Å². The molecule has 1 heterocycles. The van der Waals surface area contributed by atoms with Gasteiger partial charge in [0.05, 0.1) is 18.0 Å². The van der Waals surface area contributed by atoms with Gasteiger partial charge < -0.3 is 15.2 Å². The number of hydrogen-bond donors (Lipinski definition) is 2.